The van der Waals surface area contributed by atoms with E-state index in [1.807, 2.05) is 31.2 Å². The van der Waals surface area contributed by atoms with Gasteiger partial charge in [0.1, 0.15) is 11.4 Å². The van der Waals surface area contributed by atoms with E-state index >= 15 is 0 Å². The Morgan fingerprint density at radius 3 is 2.47 bits per heavy atom. The smallest absolute Gasteiger partial charge is 0.428 e. The number of ether oxygens (including phenoxy) is 2. The number of carbonyl (C=O) groups excluding carboxylic acids is 1. The number of carbonyl (C=O) groups is 1. The van der Waals surface area contributed by atoms with Crippen molar-refractivity contribution in [3.8, 4) is 5.75 Å². The molecule has 0 radical (unpaired) electrons. The van der Waals surface area contributed by atoms with Crippen molar-refractivity contribution in [1.29, 1.82) is 0 Å². The molecule has 19 heavy (non-hydrogen) atoms. The summed E-state index contributed by atoms with van der Waals surface area (Å²) in [5, 5.41) is 3.81. The fraction of sp³-hybridized carbons (Fsp3) is 0.429. The molecular formula is C14H20N2O3. The molecule has 5 nitrogen and oxygen atoms in total. The molecule has 0 saturated heterocycles. The maximum absolute atomic E-state index is 11.3. The highest BCUT2D eigenvalue weighted by atomic mass is 16.6. The number of benzene rings is 1. The highest BCUT2D eigenvalue weighted by molar-refractivity contribution is 5.81. The molecule has 0 saturated carbocycles. The lowest BCUT2D eigenvalue weighted by molar-refractivity contribution is 0.0529. The average Bonchev–Trinajstić information content (AvgIpc) is 2.29. The van der Waals surface area contributed by atoms with Crippen molar-refractivity contribution in [1.82, 2.24) is 5.43 Å². The summed E-state index contributed by atoms with van der Waals surface area (Å²) in [4.78, 5) is 11.3. The molecule has 0 bridgehead atoms. The van der Waals surface area contributed by atoms with E-state index in [0.29, 0.717) is 6.61 Å². The molecule has 0 aliphatic rings. The molecule has 0 unspecified atom stereocenters. The Bertz CT molecular complexity index is 433. The highest BCUT2D eigenvalue weighted by Crippen LogP contribution is 2.10. The third kappa shape index (κ3) is 6.45. The molecule has 1 N–H and O–H groups in total. The topological polar surface area (TPSA) is 59.9 Å². The predicted octanol–water partition coefficient (Wildman–Crippen LogP) is 2.94. The van der Waals surface area contributed by atoms with Gasteiger partial charge in [0.15, 0.2) is 0 Å². The van der Waals surface area contributed by atoms with Crippen LogP contribution in [-0.2, 0) is 4.74 Å². The Morgan fingerprint density at radius 1 is 1.32 bits per heavy atom. The van der Waals surface area contributed by atoms with E-state index in [4.69, 9.17) is 9.47 Å². The quantitative estimate of drug-likeness (QED) is 0.672. The van der Waals surface area contributed by atoms with Crippen molar-refractivity contribution in [2.45, 2.75) is 33.3 Å². The van der Waals surface area contributed by atoms with Gasteiger partial charge in [-0.1, -0.05) is 0 Å². The second kappa shape index (κ2) is 6.78. The van der Waals surface area contributed by atoms with Crippen LogP contribution in [0.3, 0.4) is 0 Å². The van der Waals surface area contributed by atoms with Crippen molar-refractivity contribution < 1.29 is 14.3 Å². The molecule has 0 atom stereocenters. The van der Waals surface area contributed by atoms with Gasteiger partial charge in [0.05, 0.1) is 12.8 Å². The van der Waals surface area contributed by atoms with Crippen molar-refractivity contribution in [2.24, 2.45) is 5.10 Å². The zero-order valence-electron chi connectivity index (χ0n) is 11.8. The van der Waals surface area contributed by atoms with Crippen molar-refractivity contribution in [3.05, 3.63) is 29.8 Å². The summed E-state index contributed by atoms with van der Waals surface area (Å²) in [5.41, 5.74) is 2.64. The lowest BCUT2D eigenvalue weighted by atomic mass is 10.2. The van der Waals surface area contributed by atoms with Crippen LogP contribution in [0.4, 0.5) is 4.79 Å². The molecule has 0 fully saturated rings. The molecule has 1 aromatic carbocycles. The lowest BCUT2D eigenvalue weighted by Gasteiger charge is -2.18. The van der Waals surface area contributed by atoms with E-state index < -0.39 is 11.7 Å². The second-order valence-corrected chi connectivity index (χ2v) is 4.87. The first-order valence-corrected chi connectivity index (χ1v) is 6.15. The molecule has 1 aromatic rings. The number of hydrogen-bond acceptors (Lipinski definition) is 4. The standard InChI is InChI=1S/C14H20N2O3/c1-5-18-12-8-6-11(7-9-12)10-15-16-13(17)19-14(2,3)4/h6-10H,5H2,1-4H3,(H,16,17)/b15-10+. The molecule has 0 heterocycles. The molecule has 1 amide bonds. The first-order chi connectivity index (χ1) is 8.90. The molecule has 0 spiro atoms. The Hall–Kier alpha value is -2.04. The van der Waals surface area contributed by atoms with Crippen LogP contribution in [0.2, 0.25) is 0 Å². The zero-order chi connectivity index (χ0) is 14.3. The summed E-state index contributed by atoms with van der Waals surface area (Å²) in [6.45, 7) is 7.95. The van der Waals surface area contributed by atoms with Gasteiger partial charge < -0.3 is 9.47 Å². The van der Waals surface area contributed by atoms with Gasteiger partial charge >= 0.3 is 6.09 Å². The van der Waals surface area contributed by atoms with Crippen LogP contribution in [0.5, 0.6) is 5.75 Å². The summed E-state index contributed by atoms with van der Waals surface area (Å²) in [6.07, 6.45) is 0.967. The Balaban J connectivity index is 2.46. The number of hydrogen-bond donors (Lipinski definition) is 1. The van der Waals surface area contributed by atoms with Gasteiger partial charge in [-0.25, -0.2) is 10.2 Å². The number of nitrogens with one attached hydrogen (secondary N) is 1. The minimum Gasteiger partial charge on any atom is -0.494 e. The molecule has 5 heteroatoms. The summed E-state index contributed by atoms with van der Waals surface area (Å²) in [6, 6.07) is 7.40. The van der Waals surface area contributed by atoms with E-state index in [1.165, 1.54) is 0 Å². The van der Waals surface area contributed by atoms with E-state index in [9.17, 15) is 4.79 Å². The first-order valence-electron chi connectivity index (χ1n) is 6.15. The largest absolute Gasteiger partial charge is 0.494 e. The maximum Gasteiger partial charge on any atom is 0.428 e. The van der Waals surface area contributed by atoms with E-state index in [1.54, 1.807) is 27.0 Å². The summed E-state index contributed by atoms with van der Waals surface area (Å²) >= 11 is 0. The van der Waals surface area contributed by atoms with Gasteiger partial charge in [-0.2, -0.15) is 5.10 Å². The Morgan fingerprint density at radius 2 is 1.95 bits per heavy atom. The Labute approximate surface area is 113 Å². The first kappa shape index (κ1) is 15.0. The van der Waals surface area contributed by atoms with E-state index in [-0.39, 0.29) is 0 Å². The van der Waals surface area contributed by atoms with Crippen molar-refractivity contribution in [2.75, 3.05) is 6.61 Å². The third-order valence-corrected chi connectivity index (χ3v) is 1.96. The predicted molar refractivity (Wildman–Crippen MR) is 74.6 cm³/mol. The van der Waals surface area contributed by atoms with Crippen LogP contribution >= 0.6 is 0 Å². The third-order valence-electron chi connectivity index (χ3n) is 1.96. The van der Waals surface area contributed by atoms with Crippen LogP contribution in [-0.4, -0.2) is 24.5 Å². The van der Waals surface area contributed by atoms with Gasteiger partial charge in [-0.15, -0.1) is 0 Å². The molecule has 0 aliphatic carbocycles. The summed E-state index contributed by atoms with van der Waals surface area (Å²) in [7, 11) is 0. The minimum atomic E-state index is -0.574. The molecule has 0 aromatic heterocycles. The fourth-order valence-electron chi connectivity index (χ4n) is 1.28. The van der Waals surface area contributed by atoms with Crippen molar-refractivity contribution in [3.63, 3.8) is 0 Å². The summed E-state index contributed by atoms with van der Waals surface area (Å²) < 4.78 is 10.4. The number of amides is 1. The summed E-state index contributed by atoms with van der Waals surface area (Å²) in [5.74, 6) is 0.805. The van der Waals surface area contributed by atoms with Crippen LogP contribution in [0, 0.1) is 0 Å². The van der Waals surface area contributed by atoms with E-state index in [0.717, 1.165) is 11.3 Å². The van der Waals surface area contributed by atoms with Crippen molar-refractivity contribution >= 4 is 12.3 Å². The maximum atomic E-state index is 11.3. The average molecular weight is 264 g/mol. The van der Waals surface area contributed by atoms with Crippen LogP contribution in [0.15, 0.2) is 29.4 Å². The van der Waals surface area contributed by atoms with E-state index in [2.05, 4.69) is 10.5 Å². The van der Waals surface area contributed by atoms with Gasteiger partial charge in [0.25, 0.3) is 0 Å². The normalized spacial score (nSPS) is 11.4. The number of rotatable bonds is 4. The van der Waals surface area contributed by atoms with Gasteiger partial charge in [0, 0.05) is 0 Å². The SMILES string of the molecule is CCOc1ccc(/C=N/NC(=O)OC(C)(C)C)cc1. The zero-order valence-corrected chi connectivity index (χ0v) is 11.8. The fourth-order valence-corrected chi connectivity index (χ4v) is 1.28. The van der Waals surface area contributed by atoms with Gasteiger partial charge in [-0.05, 0) is 57.5 Å². The van der Waals surface area contributed by atoms with Gasteiger partial charge in [0.2, 0.25) is 0 Å². The Kier molecular flexibility index (Phi) is 5.36. The molecule has 0 aliphatic heterocycles. The molecular weight excluding hydrogens is 244 g/mol. The number of hydrazone groups is 1. The lowest BCUT2D eigenvalue weighted by Crippen LogP contribution is -2.29. The number of nitrogens with zero attached hydrogens (tertiary/aromatic N) is 1. The van der Waals surface area contributed by atoms with Crippen LogP contribution < -0.4 is 10.2 Å². The second-order valence-electron chi connectivity index (χ2n) is 4.87. The highest BCUT2D eigenvalue weighted by Gasteiger charge is 2.15. The van der Waals surface area contributed by atoms with Crippen LogP contribution in [0.1, 0.15) is 33.3 Å². The minimum absolute atomic E-state index is 0.529. The van der Waals surface area contributed by atoms with Crippen LogP contribution in [0.25, 0.3) is 0 Å². The molecule has 1 rings (SSSR count). The molecule has 104 valence electrons. The monoisotopic (exact) mass is 264 g/mol. The van der Waals surface area contributed by atoms with Gasteiger partial charge in [-0.3, -0.25) is 0 Å².